The standard InChI is InChI=1S/C20H39NO5/c1-7-17-20(5,25)18(23)15(4)21(6)12-13(2)11-16(22)10-8-9-14(3)19(24)26-17/h13-18,22-23,25H,7-12H2,1-6H3/t13-,14+,15?,16-,17-,18+,20?/m0/s1. The SMILES string of the molecule is CC[C@@H]1OC(=O)[C@H](C)CCC[C@H](O)C[C@H](C)CN(C)C(C)[C@@H](O)C1(C)O. The number of likely N-dealkylation sites (N-methyl/N-ethyl adjacent to an activating group) is 1. The van der Waals surface area contributed by atoms with Crippen LogP contribution in [0.3, 0.4) is 0 Å². The zero-order valence-electron chi connectivity index (χ0n) is 17.3. The number of hydrogen-bond acceptors (Lipinski definition) is 6. The van der Waals surface area contributed by atoms with Crippen molar-refractivity contribution < 1.29 is 24.9 Å². The minimum absolute atomic E-state index is 0.261. The lowest BCUT2D eigenvalue weighted by atomic mass is 9.86. The number of cyclic esters (lactones) is 1. The average Bonchev–Trinajstić information content (AvgIpc) is 2.56. The van der Waals surface area contributed by atoms with Gasteiger partial charge in [0.05, 0.1) is 12.0 Å². The van der Waals surface area contributed by atoms with Gasteiger partial charge in [0.1, 0.15) is 17.8 Å². The van der Waals surface area contributed by atoms with Crippen LogP contribution in [0.4, 0.5) is 0 Å². The molecule has 1 saturated heterocycles. The van der Waals surface area contributed by atoms with E-state index in [9.17, 15) is 20.1 Å². The van der Waals surface area contributed by atoms with E-state index in [0.717, 1.165) is 6.42 Å². The second-order valence-corrected chi connectivity index (χ2v) is 8.51. The van der Waals surface area contributed by atoms with Crippen LogP contribution in [0.1, 0.15) is 66.7 Å². The lowest BCUT2D eigenvalue weighted by Gasteiger charge is -2.41. The molecule has 0 amide bonds. The molecule has 1 aliphatic heterocycles. The van der Waals surface area contributed by atoms with Crippen LogP contribution < -0.4 is 0 Å². The molecule has 26 heavy (non-hydrogen) atoms. The average molecular weight is 374 g/mol. The molecule has 1 rings (SSSR count). The van der Waals surface area contributed by atoms with Crippen LogP contribution in [0, 0.1) is 11.8 Å². The fraction of sp³-hybridized carbons (Fsp3) is 0.950. The first-order chi connectivity index (χ1) is 12.0. The molecule has 6 heteroatoms. The number of aliphatic hydroxyl groups is 3. The summed E-state index contributed by atoms with van der Waals surface area (Å²) in [5, 5.41) is 32.0. The maximum absolute atomic E-state index is 12.4. The first kappa shape index (κ1) is 23.3. The van der Waals surface area contributed by atoms with Gasteiger partial charge < -0.3 is 25.0 Å². The molecule has 0 aromatic carbocycles. The Morgan fingerprint density at radius 1 is 1.23 bits per heavy atom. The van der Waals surface area contributed by atoms with Crippen LogP contribution in [0.2, 0.25) is 0 Å². The van der Waals surface area contributed by atoms with E-state index in [1.54, 1.807) is 6.92 Å². The molecule has 2 unspecified atom stereocenters. The Balaban J connectivity index is 3.06. The van der Waals surface area contributed by atoms with Gasteiger partial charge in [-0.1, -0.05) is 27.2 Å². The van der Waals surface area contributed by atoms with Crippen molar-refractivity contribution >= 4 is 5.97 Å². The lowest BCUT2D eigenvalue weighted by molar-refractivity contribution is -0.189. The van der Waals surface area contributed by atoms with Crippen LogP contribution >= 0.6 is 0 Å². The van der Waals surface area contributed by atoms with Gasteiger partial charge in [0.15, 0.2) is 0 Å². The van der Waals surface area contributed by atoms with E-state index in [2.05, 4.69) is 6.92 Å². The number of carbonyl (C=O) groups excluding carboxylic acids is 1. The third-order valence-corrected chi connectivity index (χ3v) is 5.88. The highest BCUT2D eigenvalue weighted by Gasteiger charge is 2.44. The number of aliphatic hydroxyl groups excluding tert-OH is 2. The number of esters is 1. The van der Waals surface area contributed by atoms with Crippen LogP contribution in [0.5, 0.6) is 0 Å². The number of nitrogens with zero attached hydrogens (tertiary/aromatic N) is 1. The highest BCUT2D eigenvalue weighted by molar-refractivity contribution is 5.72. The van der Waals surface area contributed by atoms with E-state index in [4.69, 9.17) is 4.74 Å². The highest BCUT2D eigenvalue weighted by Crippen LogP contribution is 2.27. The van der Waals surface area contributed by atoms with Gasteiger partial charge in [0.2, 0.25) is 0 Å². The number of hydrogen-bond donors (Lipinski definition) is 3. The third-order valence-electron chi connectivity index (χ3n) is 5.88. The predicted octanol–water partition coefficient (Wildman–Crippen LogP) is 1.95. The summed E-state index contributed by atoms with van der Waals surface area (Å²) in [6, 6.07) is -0.320. The maximum Gasteiger partial charge on any atom is 0.309 e. The van der Waals surface area contributed by atoms with Crippen LogP contribution in [0.15, 0.2) is 0 Å². The van der Waals surface area contributed by atoms with Crippen LogP contribution in [0.25, 0.3) is 0 Å². The first-order valence-electron chi connectivity index (χ1n) is 9.99. The van der Waals surface area contributed by atoms with Crippen LogP contribution in [-0.2, 0) is 9.53 Å². The van der Waals surface area contributed by atoms with Gasteiger partial charge in [-0.15, -0.1) is 0 Å². The van der Waals surface area contributed by atoms with E-state index < -0.39 is 23.9 Å². The smallest absolute Gasteiger partial charge is 0.309 e. The lowest BCUT2D eigenvalue weighted by Crippen LogP contribution is -2.58. The summed E-state index contributed by atoms with van der Waals surface area (Å²) in [7, 11) is 1.90. The minimum atomic E-state index is -1.54. The molecule has 1 heterocycles. The van der Waals surface area contributed by atoms with Gasteiger partial charge >= 0.3 is 5.97 Å². The summed E-state index contributed by atoms with van der Waals surface area (Å²) in [5.74, 6) is -0.396. The van der Waals surface area contributed by atoms with Crippen molar-refractivity contribution in [3.8, 4) is 0 Å². The zero-order chi connectivity index (χ0) is 20.1. The van der Waals surface area contributed by atoms with Crippen molar-refractivity contribution in [2.24, 2.45) is 11.8 Å². The second-order valence-electron chi connectivity index (χ2n) is 8.51. The number of ether oxygens (including phenoxy) is 1. The highest BCUT2D eigenvalue weighted by atomic mass is 16.6. The molecule has 0 spiro atoms. The van der Waals surface area contributed by atoms with Gasteiger partial charge in [0, 0.05) is 12.6 Å². The predicted molar refractivity (Wildman–Crippen MR) is 102 cm³/mol. The first-order valence-corrected chi connectivity index (χ1v) is 9.99. The minimum Gasteiger partial charge on any atom is -0.459 e. The van der Waals surface area contributed by atoms with E-state index in [1.807, 2.05) is 32.7 Å². The number of rotatable bonds is 1. The summed E-state index contributed by atoms with van der Waals surface area (Å²) in [4.78, 5) is 14.4. The van der Waals surface area contributed by atoms with Gasteiger partial charge in [-0.2, -0.15) is 0 Å². The molecular weight excluding hydrogens is 334 g/mol. The Bertz CT molecular complexity index is 442. The topological polar surface area (TPSA) is 90.2 Å². The van der Waals surface area contributed by atoms with E-state index in [-0.39, 0.29) is 23.8 Å². The molecule has 6 nitrogen and oxygen atoms in total. The molecule has 7 atom stereocenters. The second kappa shape index (κ2) is 10.0. The van der Waals surface area contributed by atoms with Crippen LogP contribution in [-0.4, -0.2) is 69.7 Å². The van der Waals surface area contributed by atoms with E-state index in [0.29, 0.717) is 32.2 Å². The molecule has 0 aromatic rings. The molecule has 0 radical (unpaired) electrons. The Morgan fingerprint density at radius 2 is 1.85 bits per heavy atom. The van der Waals surface area contributed by atoms with Gasteiger partial charge in [0.25, 0.3) is 0 Å². The third kappa shape index (κ3) is 6.19. The van der Waals surface area contributed by atoms with Crippen molar-refractivity contribution in [2.75, 3.05) is 13.6 Å². The van der Waals surface area contributed by atoms with Gasteiger partial charge in [-0.3, -0.25) is 4.79 Å². The molecule has 3 N–H and O–H groups in total. The molecule has 1 aliphatic rings. The Labute approximate surface area is 158 Å². The van der Waals surface area contributed by atoms with Crippen molar-refractivity contribution in [1.29, 1.82) is 0 Å². The normalized spacial score (nSPS) is 42.6. The van der Waals surface area contributed by atoms with Gasteiger partial charge in [-0.25, -0.2) is 0 Å². The number of carbonyl (C=O) groups is 1. The quantitative estimate of drug-likeness (QED) is 0.609. The maximum atomic E-state index is 12.4. The summed E-state index contributed by atoms with van der Waals surface area (Å²) in [5.41, 5.74) is -1.54. The van der Waals surface area contributed by atoms with Crippen molar-refractivity contribution in [3.05, 3.63) is 0 Å². The summed E-state index contributed by atoms with van der Waals surface area (Å²) in [6.07, 6.45) is 0.943. The monoisotopic (exact) mass is 373 g/mol. The van der Waals surface area contributed by atoms with E-state index >= 15 is 0 Å². The van der Waals surface area contributed by atoms with Crippen molar-refractivity contribution in [2.45, 2.75) is 96.7 Å². The fourth-order valence-electron chi connectivity index (χ4n) is 3.88. The zero-order valence-corrected chi connectivity index (χ0v) is 17.3. The van der Waals surface area contributed by atoms with Crippen molar-refractivity contribution in [3.63, 3.8) is 0 Å². The van der Waals surface area contributed by atoms with E-state index in [1.165, 1.54) is 0 Å². The fourth-order valence-corrected chi connectivity index (χ4v) is 3.88. The molecule has 0 bridgehead atoms. The molecule has 1 fully saturated rings. The molecule has 0 saturated carbocycles. The molecule has 154 valence electrons. The molecule has 0 aromatic heterocycles. The van der Waals surface area contributed by atoms with Crippen molar-refractivity contribution in [1.82, 2.24) is 4.90 Å². The summed E-state index contributed by atoms with van der Waals surface area (Å²) >= 11 is 0. The largest absolute Gasteiger partial charge is 0.459 e. The molecule has 0 aliphatic carbocycles. The van der Waals surface area contributed by atoms with Gasteiger partial charge in [-0.05, 0) is 52.5 Å². The Hall–Kier alpha value is -0.690. The summed E-state index contributed by atoms with van der Waals surface area (Å²) in [6.45, 7) is 9.84. The molecular formula is C20H39NO5. The Morgan fingerprint density at radius 3 is 2.42 bits per heavy atom. The summed E-state index contributed by atoms with van der Waals surface area (Å²) < 4.78 is 5.58. The Kier molecular flexibility index (Phi) is 9.00.